The van der Waals surface area contributed by atoms with E-state index in [0.29, 0.717) is 22.7 Å². The molecule has 0 aliphatic carbocycles. The van der Waals surface area contributed by atoms with Gasteiger partial charge in [-0.15, -0.1) is 13.2 Å². The summed E-state index contributed by atoms with van der Waals surface area (Å²) in [4.78, 5) is 32.5. The molecule has 0 saturated heterocycles. The quantitative estimate of drug-likeness (QED) is 0.358. The van der Waals surface area contributed by atoms with Gasteiger partial charge in [0.15, 0.2) is 11.5 Å². The number of pyridine rings is 1. The number of nitrogens with zero attached hydrogens (tertiary/aromatic N) is 4. The third-order valence-electron chi connectivity index (χ3n) is 4.94. The van der Waals surface area contributed by atoms with Crippen molar-refractivity contribution in [3.05, 3.63) is 65.7 Å². The van der Waals surface area contributed by atoms with Gasteiger partial charge in [-0.2, -0.15) is 5.10 Å². The SMILES string of the molecule is COc1ncc(-c2ccc3nc(NC(C)=O)cn3n2)cc1C(=O)NCc1c(F)cccc1OC(F)(F)F. The maximum atomic E-state index is 14.2. The van der Waals surface area contributed by atoms with Gasteiger partial charge in [0.25, 0.3) is 5.91 Å². The van der Waals surface area contributed by atoms with Crippen molar-refractivity contribution in [2.75, 3.05) is 12.4 Å². The summed E-state index contributed by atoms with van der Waals surface area (Å²) in [6.07, 6.45) is -2.14. The number of carbonyl (C=O) groups is 2. The Balaban J connectivity index is 1.60. The molecule has 0 aliphatic rings. The highest BCUT2D eigenvalue weighted by Gasteiger charge is 2.32. The zero-order chi connectivity index (χ0) is 26.7. The summed E-state index contributed by atoms with van der Waals surface area (Å²) in [7, 11) is 1.28. The number of benzene rings is 1. The number of methoxy groups -OCH3 is 1. The topological polar surface area (TPSA) is 120 Å². The third kappa shape index (κ3) is 5.91. The number of imidazole rings is 1. The van der Waals surface area contributed by atoms with Crippen LogP contribution in [-0.2, 0) is 11.3 Å². The number of amides is 2. The number of halogens is 4. The van der Waals surface area contributed by atoms with Gasteiger partial charge >= 0.3 is 6.36 Å². The van der Waals surface area contributed by atoms with Gasteiger partial charge in [-0.1, -0.05) is 6.07 Å². The fraction of sp³-hybridized carbons (Fsp3) is 0.174. The molecule has 2 N–H and O–H groups in total. The molecule has 37 heavy (non-hydrogen) atoms. The van der Waals surface area contributed by atoms with Crippen LogP contribution in [0, 0.1) is 5.82 Å². The standard InChI is InChI=1S/C23H18F4N6O4/c1-12(34)30-19-11-33-20(31-19)7-6-17(32-33)13-8-14(22(36-2)29-9-13)21(35)28-10-15-16(24)4-3-5-18(15)37-23(25,26)27/h3-9,11H,10H2,1-2H3,(H,28,35)(H,30,34). The van der Waals surface area contributed by atoms with Crippen molar-refractivity contribution in [3.63, 3.8) is 0 Å². The Hall–Kier alpha value is -4.75. The molecule has 1 aromatic carbocycles. The lowest BCUT2D eigenvalue weighted by molar-refractivity contribution is -0.275. The van der Waals surface area contributed by atoms with E-state index in [1.807, 2.05) is 0 Å². The zero-order valence-corrected chi connectivity index (χ0v) is 19.3. The van der Waals surface area contributed by atoms with Crippen LogP contribution < -0.4 is 20.1 Å². The molecule has 14 heteroatoms. The van der Waals surface area contributed by atoms with E-state index in [4.69, 9.17) is 4.74 Å². The van der Waals surface area contributed by atoms with Gasteiger partial charge in [-0.25, -0.2) is 18.9 Å². The monoisotopic (exact) mass is 518 g/mol. The maximum Gasteiger partial charge on any atom is 0.573 e. The summed E-state index contributed by atoms with van der Waals surface area (Å²) < 4.78 is 62.7. The van der Waals surface area contributed by atoms with E-state index in [-0.39, 0.29) is 17.4 Å². The van der Waals surface area contributed by atoms with Crippen molar-refractivity contribution >= 4 is 23.3 Å². The molecule has 0 fully saturated rings. The van der Waals surface area contributed by atoms with Crippen molar-refractivity contribution in [2.24, 2.45) is 0 Å². The minimum absolute atomic E-state index is 0.0684. The number of nitrogens with one attached hydrogen (secondary N) is 2. The molecule has 0 aliphatic heterocycles. The summed E-state index contributed by atoms with van der Waals surface area (Å²) >= 11 is 0. The highest BCUT2D eigenvalue weighted by atomic mass is 19.4. The molecule has 4 aromatic rings. The normalized spacial score (nSPS) is 11.3. The molecular weight excluding hydrogens is 500 g/mol. The molecule has 0 spiro atoms. The molecule has 0 saturated carbocycles. The Kier molecular flexibility index (Phi) is 6.91. The second-order valence-electron chi connectivity index (χ2n) is 7.56. The Labute approximate surface area is 206 Å². The molecular formula is C23H18F4N6O4. The molecule has 0 bridgehead atoms. The average molecular weight is 518 g/mol. The zero-order valence-electron chi connectivity index (χ0n) is 19.3. The molecule has 0 radical (unpaired) electrons. The Morgan fingerprint density at radius 1 is 1.16 bits per heavy atom. The smallest absolute Gasteiger partial charge is 0.480 e. The minimum atomic E-state index is -5.04. The van der Waals surface area contributed by atoms with Gasteiger partial charge < -0.3 is 20.1 Å². The van der Waals surface area contributed by atoms with Crippen molar-refractivity contribution in [2.45, 2.75) is 19.8 Å². The summed E-state index contributed by atoms with van der Waals surface area (Å²) in [6, 6.07) is 7.61. The lowest BCUT2D eigenvalue weighted by atomic mass is 10.1. The number of fused-ring (bicyclic) bond motifs is 1. The number of ether oxygens (including phenoxy) is 2. The fourth-order valence-corrected chi connectivity index (χ4v) is 3.39. The van der Waals surface area contributed by atoms with Gasteiger partial charge in [0.05, 0.1) is 19.0 Å². The van der Waals surface area contributed by atoms with Gasteiger partial charge in [0.1, 0.15) is 17.1 Å². The first-order valence-electron chi connectivity index (χ1n) is 10.5. The van der Waals surface area contributed by atoms with E-state index < -0.39 is 35.9 Å². The van der Waals surface area contributed by atoms with Crippen molar-refractivity contribution in [3.8, 4) is 22.9 Å². The first-order chi connectivity index (χ1) is 17.5. The predicted molar refractivity (Wildman–Crippen MR) is 121 cm³/mol. The Bertz CT molecular complexity index is 1490. The van der Waals surface area contributed by atoms with Crippen LogP contribution in [0.5, 0.6) is 11.6 Å². The molecule has 4 rings (SSSR count). The molecule has 10 nitrogen and oxygen atoms in total. The number of rotatable bonds is 7. The largest absolute Gasteiger partial charge is 0.573 e. The second-order valence-corrected chi connectivity index (χ2v) is 7.56. The van der Waals surface area contributed by atoms with E-state index in [1.165, 1.54) is 37.0 Å². The van der Waals surface area contributed by atoms with Crippen LogP contribution in [0.4, 0.5) is 23.4 Å². The van der Waals surface area contributed by atoms with Crippen molar-refractivity contribution < 1.29 is 36.6 Å². The van der Waals surface area contributed by atoms with Crippen LogP contribution in [0.25, 0.3) is 16.9 Å². The second kappa shape index (κ2) is 10.1. The minimum Gasteiger partial charge on any atom is -0.480 e. The van der Waals surface area contributed by atoms with Crippen molar-refractivity contribution in [1.29, 1.82) is 0 Å². The van der Waals surface area contributed by atoms with Gasteiger partial charge in [0.2, 0.25) is 11.8 Å². The van der Waals surface area contributed by atoms with Crippen LogP contribution >= 0.6 is 0 Å². The number of carbonyl (C=O) groups excluding carboxylic acids is 2. The highest BCUT2D eigenvalue weighted by Crippen LogP contribution is 2.29. The molecule has 3 aromatic heterocycles. The highest BCUT2D eigenvalue weighted by molar-refractivity contribution is 5.97. The number of alkyl halides is 3. The molecule has 0 atom stereocenters. The van der Waals surface area contributed by atoms with E-state index >= 15 is 0 Å². The molecule has 0 unspecified atom stereocenters. The van der Waals surface area contributed by atoms with Crippen molar-refractivity contribution in [1.82, 2.24) is 24.9 Å². The maximum absolute atomic E-state index is 14.2. The van der Waals surface area contributed by atoms with Gasteiger partial charge in [0, 0.05) is 30.8 Å². The van der Waals surface area contributed by atoms with E-state index in [1.54, 1.807) is 12.1 Å². The molecule has 192 valence electrons. The summed E-state index contributed by atoms with van der Waals surface area (Å²) in [5, 5.41) is 9.31. The number of hydrogen-bond donors (Lipinski definition) is 2. The van der Waals surface area contributed by atoms with Gasteiger partial charge in [-0.05, 0) is 30.3 Å². The lowest BCUT2D eigenvalue weighted by Crippen LogP contribution is -2.26. The lowest BCUT2D eigenvalue weighted by Gasteiger charge is -2.15. The number of hydrogen-bond acceptors (Lipinski definition) is 7. The molecule has 3 heterocycles. The first-order valence-corrected chi connectivity index (χ1v) is 10.5. The Morgan fingerprint density at radius 2 is 1.95 bits per heavy atom. The molecule has 2 amide bonds. The van der Waals surface area contributed by atoms with Crippen LogP contribution in [0.3, 0.4) is 0 Å². The fourth-order valence-electron chi connectivity index (χ4n) is 3.39. The summed E-state index contributed by atoms with van der Waals surface area (Å²) in [6.45, 7) is 0.740. The van der Waals surface area contributed by atoms with E-state index in [2.05, 4.69) is 30.4 Å². The Morgan fingerprint density at radius 3 is 2.65 bits per heavy atom. The predicted octanol–water partition coefficient (Wildman–Crippen LogP) is 3.73. The van der Waals surface area contributed by atoms with Crippen LogP contribution in [0.1, 0.15) is 22.8 Å². The van der Waals surface area contributed by atoms with Crippen LogP contribution in [0.2, 0.25) is 0 Å². The van der Waals surface area contributed by atoms with Gasteiger partial charge in [-0.3, -0.25) is 9.59 Å². The van der Waals surface area contributed by atoms with Crippen LogP contribution in [-0.4, -0.2) is 44.9 Å². The first kappa shape index (κ1) is 25.3. The average Bonchev–Trinajstić information content (AvgIpc) is 3.22. The number of anilines is 1. The van der Waals surface area contributed by atoms with Crippen LogP contribution in [0.15, 0.2) is 48.8 Å². The van der Waals surface area contributed by atoms with E-state index in [0.717, 1.165) is 18.2 Å². The third-order valence-corrected chi connectivity index (χ3v) is 4.94. The summed E-state index contributed by atoms with van der Waals surface area (Å²) in [5.74, 6) is -2.62. The van der Waals surface area contributed by atoms with E-state index in [9.17, 15) is 27.2 Å². The number of aromatic nitrogens is 4. The summed E-state index contributed by atoms with van der Waals surface area (Å²) in [5.41, 5.74) is 0.682.